The standard InChI is InChI=1S/C12H15NOS2/c1-10-2-4-11(5-3-10)16-12(15)13-6-8-14-9-7-13/h2-5H,6-9H2,1H3. The summed E-state index contributed by atoms with van der Waals surface area (Å²) in [5, 5.41) is 0. The van der Waals surface area contributed by atoms with Gasteiger partial charge in [0.2, 0.25) is 0 Å². The molecular weight excluding hydrogens is 238 g/mol. The minimum absolute atomic E-state index is 0.786. The highest BCUT2D eigenvalue weighted by Crippen LogP contribution is 2.22. The van der Waals surface area contributed by atoms with E-state index in [1.165, 1.54) is 10.5 Å². The molecule has 2 nitrogen and oxygen atoms in total. The van der Waals surface area contributed by atoms with E-state index < -0.39 is 0 Å². The normalized spacial score (nSPS) is 16.2. The summed E-state index contributed by atoms with van der Waals surface area (Å²) in [7, 11) is 0. The smallest absolute Gasteiger partial charge is 0.141 e. The van der Waals surface area contributed by atoms with Gasteiger partial charge in [0.25, 0.3) is 0 Å². The van der Waals surface area contributed by atoms with Crippen LogP contribution in [0.25, 0.3) is 0 Å². The number of thiocarbonyl (C=S) groups is 1. The fourth-order valence-electron chi connectivity index (χ4n) is 1.52. The first-order valence-corrected chi connectivity index (χ1v) is 6.59. The van der Waals surface area contributed by atoms with Gasteiger partial charge in [-0.05, 0) is 19.1 Å². The summed E-state index contributed by atoms with van der Waals surface area (Å²) in [4.78, 5) is 3.42. The van der Waals surface area contributed by atoms with Crippen molar-refractivity contribution in [1.29, 1.82) is 0 Å². The van der Waals surface area contributed by atoms with Gasteiger partial charge in [-0.15, -0.1) is 0 Å². The van der Waals surface area contributed by atoms with Crippen LogP contribution in [0.5, 0.6) is 0 Å². The molecule has 0 radical (unpaired) electrons. The molecule has 16 heavy (non-hydrogen) atoms. The SMILES string of the molecule is Cc1ccc(SC(=S)N2CCOCC2)cc1. The highest BCUT2D eigenvalue weighted by Gasteiger charge is 2.14. The number of benzene rings is 1. The highest BCUT2D eigenvalue weighted by atomic mass is 32.2. The second-order valence-corrected chi connectivity index (χ2v) is 5.49. The lowest BCUT2D eigenvalue weighted by Crippen LogP contribution is -2.38. The molecule has 0 aromatic heterocycles. The van der Waals surface area contributed by atoms with E-state index in [2.05, 4.69) is 36.1 Å². The topological polar surface area (TPSA) is 12.5 Å². The fraction of sp³-hybridized carbons (Fsp3) is 0.417. The van der Waals surface area contributed by atoms with Crippen LogP contribution < -0.4 is 0 Å². The number of hydrogen-bond acceptors (Lipinski definition) is 3. The van der Waals surface area contributed by atoms with Crippen LogP contribution in [-0.4, -0.2) is 35.5 Å². The van der Waals surface area contributed by atoms with Crippen molar-refractivity contribution in [3.63, 3.8) is 0 Å². The average Bonchev–Trinajstić information content (AvgIpc) is 2.33. The summed E-state index contributed by atoms with van der Waals surface area (Å²) in [6.45, 7) is 5.49. The number of aryl methyl sites for hydroxylation is 1. The minimum Gasteiger partial charge on any atom is -0.378 e. The van der Waals surface area contributed by atoms with Crippen molar-refractivity contribution in [3.05, 3.63) is 29.8 Å². The molecule has 86 valence electrons. The molecule has 0 bridgehead atoms. The molecule has 1 aliphatic rings. The van der Waals surface area contributed by atoms with Gasteiger partial charge in [0.1, 0.15) is 4.32 Å². The Morgan fingerprint density at radius 1 is 1.25 bits per heavy atom. The quantitative estimate of drug-likeness (QED) is 0.563. The molecule has 4 heteroatoms. The van der Waals surface area contributed by atoms with Crippen molar-refractivity contribution >= 4 is 28.3 Å². The van der Waals surface area contributed by atoms with Gasteiger partial charge in [0.05, 0.1) is 13.2 Å². The third-order valence-corrected chi connectivity index (χ3v) is 3.94. The van der Waals surface area contributed by atoms with Gasteiger partial charge in [-0.3, -0.25) is 0 Å². The number of thioether (sulfide) groups is 1. The summed E-state index contributed by atoms with van der Waals surface area (Å²) in [6, 6.07) is 8.47. The summed E-state index contributed by atoms with van der Waals surface area (Å²) in [5.41, 5.74) is 1.28. The van der Waals surface area contributed by atoms with Crippen molar-refractivity contribution in [1.82, 2.24) is 4.90 Å². The molecule has 1 saturated heterocycles. The Balaban J connectivity index is 1.93. The number of nitrogens with zero attached hydrogens (tertiary/aromatic N) is 1. The average molecular weight is 253 g/mol. The third kappa shape index (κ3) is 3.20. The van der Waals surface area contributed by atoms with E-state index in [9.17, 15) is 0 Å². The third-order valence-electron chi connectivity index (χ3n) is 2.50. The summed E-state index contributed by atoms with van der Waals surface area (Å²) < 4.78 is 6.26. The Bertz CT molecular complexity index is 358. The molecule has 0 saturated carbocycles. The van der Waals surface area contributed by atoms with Crippen LogP contribution >= 0.6 is 24.0 Å². The van der Waals surface area contributed by atoms with Gasteiger partial charge in [0, 0.05) is 18.0 Å². The first kappa shape index (κ1) is 11.9. The molecule has 1 aromatic carbocycles. The Labute approximate surface area is 106 Å². The van der Waals surface area contributed by atoms with E-state index in [4.69, 9.17) is 17.0 Å². The second kappa shape index (κ2) is 5.66. The fourth-order valence-corrected chi connectivity index (χ4v) is 2.77. The Kier molecular flexibility index (Phi) is 4.21. The lowest BCUT2D eigenvalue weighted by atomic mass is 10.2. The Morgan fingerprint density at radius 2 is 1.88 bits per heavy atom. The van der Waals surface area contributed by atoms with Gasteiger partial charge in [-0.2, -0.15) is 0 Å². The van der Waals surface area contributed by atoms with Crippen molar-refractivity contribution < 1.29 is 4.74 Å². The molecule has 0 aliphatic carbocycles. The van der Waals surface area contributed by atoms with Crippen LogP contribution in [0.4, 0.5) is 0 Å². The van der Waals surface area contributed by atoms with Crippen LogP contribution in [0.1, 0.15) is 5.56 Å². The van der Waals surface area contributed by atoms with Crippen molar-refractivity contribution in [2.75, 3.05) is 26.3 Å². The van der Waals surface area contributed by atoms with Gasteiger partial charge in [-0.1, -0.05) is 41.7 Å². The van der Waals surface area contributed by atoms with Gasteiger partial charge in [-0.25, -0.2) is 0 Å². The maximum Gasteiger partial charge on any atom is 0.141 e. The second-order valence-electron chi connectivity index (χ2n) is 3.78. The van der Waals surface area contributed by atoms with E-state index >= 15 is 0 Å². The van der Waals surface area contributed by atoms with Crippen molar-refractivity contribution in [2.45, 2.75) is 11.8 Å². The largest absolute Gasteiger partial charge is 0.378 e. The summed E-state index contributed by atoms with van der Waals surface area (Å²) in [5.74, 6) is 0. The van der Waals surface area contributed by atoms with E-state index in [-0.39, 0.29) is 0 Å². The van der Waals surface area contributed by atoms with Gasteiger partial charge < -0.3 is 9.64 Å². The van der Waals surface area contributed by atoms with E-state index in [1.54, 1.807) is 11.8 Å². The lowest BCUT2D eigenvalue weighted by Gasteiger charge is -2.28. The predicted octanol–water partition coefficient (Wildman–Crippen LogP) is 2.70. The molecule has 1 fully saturated rings. The molecule has 1 aromatic rings. The Hall–Kier alpha value is -0.580. The van der Waals surface area contributed by atoms with Gasteiger partial charge >= 0.3 is 0 Å². The van der Waals surface area contributed by atoms with E-state index in [0.29, 0.717) is 0 Å². The Morgan fingerprint density at radius 3 is 2.50 bits per heavy atom. The number of ether oxygens (including phenoxy) is 1. The molecule has 1 heterocycles. The van der Waals surface area contributed by atoms with Crippen molar-refractivity contribution in [2.24, 2.45) is 0 Å². The van der Waals surface area contributed by atoms with Crippen LogP contribution in [0.2, 0.25) is 0 Å². The molecule has 1 aliphatic heterocycles. The van der Waals surface area contributed by atoms with E-state index in [1.807, 2.05) is 0 Å². The first-order chi connectivity index (χ1) is 7.75. The molecule has 0 atom stereocenters. The van der Waals surface area contributed by atoms with Crippen LogP contribution in [-0.2, 0) is 4.74 Å². The first-order valence-electron chi connectivity index (χ1n) is 5.37. The van der Waals surface area contributed by atoms with Crippen LogP contribution in [0.15, 0.2) is 29.2 Å². The zero-order valence-electron chi connectivity index (χ0n) is 9.31. The summed E-state index contributed by atoms with van der Waals surface area (Å²) in [6.07, 6.45) is 0. The van der Waals surface area contributed by atoms with Gasteiger partial charge in [0.15, 0.2) is 0 Å². The molecule has 0 amide bonds. The molecule has 0 unspecified atom stereocenters. The maximum absolute atomic E-state index is 5.42. The van der Waals surface area contributed by atoms with Crippen LogP contribution in [0, 0.1) is 6.92 Å². The maximum atomic E-state index is 5.42. The molecule has 2 rings (SSSR count). The predicted molar refractivity (Wildman–Crippen MR) is 72.0 cm³/mol. The number of morpholine rings is 1. The molecular formula is C12H15NOS2. The zero-order chi connectivity index (χ0) is 11.4. The zero-order valence-corrected chi connectivity index (χ0v) is 10.9. The summed E-state index contributed by atoms with van der Waals surface area (Å²) >= 11 is 7.08. The minimum atomic E-state index is 0.786. The molecule has 0 spiro atoms. The molecule has 0 N–H and O–H groups in total. The lowest BCUT2D eigenvalue weighted by molar-refractivity contribution is 0.0702. The monoisotopic (exact) mass is 253 g/mol. The number of rotatable bonds is 1. The van der Waals surface area contributed by atoms with Crippen LogP contribution in [0.3, 0.4) is 0 Å². The highest BCUT2D eigenvalue weighted by molar-refractivity contribution is 8.22. The number of hydrogen-bond donors (Lipinski definition) is 0. The van der Waals surface area contributed by atoms with Crippen molar-refractivity contribution in [3.8, 4) is 0 Å². The van der Waals surface area contributed by atoms with E-state index in [0.717, 1.165) is 30.6 Å².